The number of hydrogen-bond acceptors (Lipinski definition) is 3. The molecular formula is C16H10F2O3. The summed E-state index contributed by atoms with van der Waals surface area (Å²) in [4.78, 5) is 24.6. The molecule has 1 aliphatic carbocycles. The number of rotatable bonds is 2. The number of methoxy groups -OCH3 is 1. The van der Waals surface area contributed by atoms with Crippen LogP contribution in [0.25, 0.3) is 0 Å². The van der Waals surface area contributed by atoms with Gasteiger partial charge in [-0.2, -0.15) is 0 Å². The molecule has 0 aromatic heterocycles. The summed E-state index contributed by atoms with van der Waals surface area (Å²) >= 11 is 0. The average molecular weight is 288 g/mol. The summed E-state index contributed by atoms with van der Waals surface area (Å²) in [6.45, 7) is 0. The lowest BCUT2D eigenvalue weighted by atomic mass is 9.93. The third-order valence-corrected chi connectivity index (χ3v) is 3.56. The quantitative estimate of drug-likeness (QED) is 0.797. The minimum Gasteiger partial charge on any atom is -0.497 e. The van der Waals surface area contributed by atoms with Gasteiger partial charge in [0.05, 0.1) is 7.11 Å². The lowest BCUT2D eigenvalue weighted by molar-refractivity contribution is 0.0885. The number of Topliss-reactive ketones (excluding diaryl/α,β-unsaturated/α-hetero) is 2. The normalized spacial score (nSPS) is 14.4. The largest absolute Gasteiger partial charge is 0.497 e. The lowest BCUT2D eigenvalue weighted by Crippen LogP contribution is -2.16. The van der Waals surface area contributed by atoms with E-state index in [4.69, 9.17) is 4.74 Å². The first-order valence-electron chi connectivity index (χ1n) is 6.25. The Bertz CT molecular complexity index is 710. The predicted octanol–water partition coefficient (Wildman–Crippen LogP) is 3.14. The summed E-state index contributed by atoms with van der Waals surface area (Å²) in [5, 5.41) is 0. The van der Waals surface area contributed by atoms with Crippen molar-refractivity contribution in [3.8, 4) is 5.75 Å². The van der Waals surface area contributed by atoms with Crippen molar-refractivity contribution in [3.63, 3.8) is 0 Å². The molecule has 0 N–H and O–H groups in total. The zero-order chi connectivity index (χ0) is 15.1. The van der Waals surface area contributed by atoms with Crippen LogP contribution in [0.5, 0.6) is 5.75 Å². The van der Waals surface area contributed by atoms with Crippen LogP contribution in [0.4, 0.5) is 8.78 Å². The monoisotopic (exact) mass is 288 g/mol. The van der Waals surface area contributed by atoms with Gasteiger partial charge in [-0.1, -0.05) is 24.3 Å². The van der Waals surface area contributed by atoms with Crippen LogP contribution >= 0.6 is 0 Å². The van der Waals surface area contributed by atoms with Gasteiger partial charge in [-0.3, -0.25) is 9.59 Å². The summed E-state index contributed by atoms with van der Waals surface area (Å²) in [5.41, 5.74) is -0.133. The van der Waals surface area contributed by atoms with Crippen molar-refractivity contribution < 1.29 is 23.1 Å². The first-order valence-corrected chi connectivity index (χ1v) is 6.25. The van der Waals surface area contributed by atoms with Gasteiger partial charge >= 0.3 is 0 Å². The van der Waals surface area contributed by atoms with Crippen LogP contribution in [-0.2, 0) is 0 Å². The summed E-state index contributed by atoms with van der Waals surface area (Å²) in [5.74, 6) is -4.58. The molecule has 0 fully saturated rings. The molecule has 21 heavy (non-hydrogen) atoms. The smallest absolute Gasteiger partial charge is 0.179 e. The highest BCUT2D eigenvalue weighted by Crippen LogP contribution is 2.37. The molecular weight excluding hydrogens is 278 g/mol. The number of carbonyl (C=O) groups is 2. The van der Waals surface area contributed by atoms with Crippen LogP contribution in [0.2, 0.25) is 0 Å². The first kappa shape index (κ1) is 13.4. The molecule has 0 atom stereocenters. The topological polar surface area (TPSA) is 43.4 Å². The second-order valence-corrected chi connectivity index (χ2v) is 4.71. The number of ketones is 2. The van der Waals surface area contributed by atoms with Gasteiger partial charge in [-0.05, 0) is 0 Å². The maximum absolute atomic E-state index is 14.1. The lowest BCUT2D eigenvalue weighted by Gasteiger charge is -2.11. The van der Waals surface area contributed by atoms with E-state index in [9.17, 15) is 18.4 Å². The molecule has 0 bridgehead atoms. The highest BCUT2D eigenvalue weighted by Gasteiger charge is 2.42. The minimum absolute atomic E-state index is 0.0100. The first-order chi connectivity index (χ1) is 10.0. The fourth-order valence-corrected chi connectivity index (χ4v) is 2.56. The summed E-state index contributed by atoms with van der Waals surface area (Å²) in [6.07, 6.45) is 0. The fourth-order valence-electron chi connectivity index (χ4n) is 2.56. The number of hydrogen-bond donors (Lipinski definition) is 0. The Labute approximate surface area is 119 Å². The van der Waals surface area contributed by atoms with Crippen molar-refractivity contribution in [1.82, 2.24) is 0 Å². The third kappa shape index (κ3) is 1.93. The Kier molecular flexibility index (Phi) is 3.05. The van der Waals surface area contributed by atoms with E-state index in [1.54, 1.807) is 12.1 Å². The number of fused-ring (bicyclic) bond motifs is 1. The number of ether oxygens (including phenoxy) is 1. The third-order valence-electron chi connectivity index (χ3n) is 3.56. The molecule has 0 spiro atoms. The number of halogens is 2. The van der Waals surface area contributed by atoms with E-state index < -0.39 is 34.7 Å². The van der Waals surface area contributed by atoms with Crippen LogP contribution < -0.4 is 4.74 Å². The van der Waals surface area contributed by atoms with Gasteiger partial charge in [0.2, 0.25) is 0 Å². The SMILES string of the molecule is COc1cc(F)c(C2C(=O)c3ccccc3C2=O)c(F)c1. The molecule has 0 radical (unpaired) electrons. The predicted molar refractivity (Wildman–Crippen MR) is 70.8 cm³/mol. The number of benzene rings is 2. The fraction of sp³-hybridized carbons (Fsp3) is 0.125. The van der Waals surface area contributed by atoms with Gasteiger partial charge in [0.15, 0.2) is 11.6 Å². The Morgan fingerprint density at radius 1 is 0.952 bits per heavy atom. The number of carbonyl (C=O) groups excluding carboxylic acids is 2. The van der Waals surface area contributed by atoms with Crippen molar-refractivity contribution in [2.45, 2.75) is 5.92 Å². The van der Waals surface area contributed by atoms with E-state index in [-0.39, 0.29) is 16.9 Å². The van der Waals surface area contributed by atoms with Crippen LogP contribution in [0.3, 0.4) is 0 Å². The molecule has 0 saturated carbocycles. The molecule has 3 rings (SSSR count). The standard InChI is InChI=1S/C16H10F2O3/c1-21-8-6-11(17)13(12(18)7-8)14-15(19)9-4-2-3-5-10(9)16(14)20/h2-7,14H,1H3. The van der Waals surface area contributed by atoms with Crippen LogP contribution in [-0.4, -0.2) is 18.7 Å². The summed E-state index contributed by atoms with van der Waals surface area (Å²) < 4.78 is 32.9. The molecule has 1 aliphatic rings. The molecule has 106 valence electrons. The molecule has 0 unspecified atom stereocenters. The van der Waals surface area contributed by atoms with Gasteiger partial charge in [0.25, 0.3) is 0 Å². The molecule has 0 aliphatic heterocycles. The van der Waals surface area contributed by atoms with Crippen molar-refractivity contribution in [2.24, 2.45) is 0 Å². The van der Waals surface area contributed by atoms with Crippen molar-refractivity contribution in [1.29, 1.82) is 0 Å². The molecule has 0 saturated heterocycles. The van der Waals surface area contributed by atoms with Crippen molar-refractivity contribution in [2.75, 3.05) is 7.11 Å². The van der Waals surface area contributed by atoms with Crippen LogP contribution in [0, 0.1) is 11.6 Å². The Balaban J connectivity index is 2.16. The van der Waals surface area contributed by atoms with Gasteiger partial charge in [0, 0.05) is 28.8 Å². The van der Waals surface area contributed by atoms with Crippen molar-refractivity contribution >= 4 is 11.6 Å². The van der Waals surface area contributed by atoms with E-state index in [2.05, 4.69) is 0 Å². The summed E-state index contributed by atoms with van der Waals surface area (Å²) in [6, 6.07) is 8.09. The van der Waals surface area contributed by atoms with Crippen molar-refractivity contribution in [3.05, 3.63) is 64.7 Å². The van der Waals surface area contributed by atoms with Gasteiger partial charge < -0.3 is 4.74 Å². The Hall–Kier alpha value is -2.56. The van der Waals surface area contributed by atoms with E-state index in [1.807, 2.05) is 0 Å². The van der Waals surface area contributed by atoms with E-state index in [0.29, 0.717) is 0 Å². The van der Waals surface area contributed by atoms with E-state index in [0.717, 1.165) is 12.1 Å². The molecule has 0 heterocycles. The van der Waals surface area contributed by atoms with Gasteiger partial charge in [-0.25, -0.2) is 8.78 Å². The zero-order valence-corrected chi connectivity index (χ0v) is 11.0. The van der Waals surface area contributed by atoms with Gasteiger partial charge in [0.1, 0.15) is 23.3 Å². The van der Waals surface area contributed by atoms with E-state index >= 15 is 0 Å². The highest BCUT2D eigenvalue weighted by atomic mass is 19.1. The maximum Gasteiger partial charge on any atom is 0.179 e. The van der Waals surface area contributed by atoms with Crippen LogP contribution in [0.15, 0.2) is 36.4 Å². The molecule has 5 heteroatoms. The van der Waals surface area contributed by atoms with Crippen LogP contribution in [0.1, 0.15) is 32.2 Å². The average Bonchev–Trinajstić information content (AvgIpc) is 2.72. The molecule has 0 amide bonds. The molecule has 3 nitrogen and oxygen atoms in total. The van der Waals surface area contributed by atoms with E-state index in [1.165, 1.54) is 19.2 Å². The zero-order valence-electron chi connectivity index (χ0n) is 11.0. The second-order valence-electron chi connectivity index (χ2n) is 4.71. The minimum atomic E-state index is -1.46. The molecule has 2 aromatic carbocycles. The highest BCUT2D eigenvalue weighted by molar-refractivity contribution is 6.29. The second kappa shape index (κ2) is 4.77. The Morgan fingerprint density at radius 2 is 1.43 bits per heavy atom. The maximum atomic E-state index is 14.1. The summed E-state index contributed by atoms with van der Waals surface area (Å²) in [7, 11) is 1.27. The Morgan fingerprint density at radius 3 is 1.86 bits per heavy atom. The van der Waals surface area contributed by atoms with Gasteiger partial charge in [-0.15, -0.1) is 0 Å². The molecule has 2 aromatic rings.